The predicted molar refractivity (Wildman–Crippen MR) is 299 cm³/mol. The van der Waals surface area contributed by atoms with Crippen LogP contribution in [0.1, 0.15) is 44.7 Å². The van der Waals surface area contributed by atoms with E-state index in [9.17, 15) is 0 Å². The molecule has 12 rings (SSSR count). The summed E-state index contributed by atoms with van der Waals surface area (Å²) < 4.78 is 4.60. The zero-order valence-electron chi connectivity index (χ0n) is 40.6. The summed E-state index contributed by atoms with van der Waals surface area (Å²) in [6.07, 6.45) is 3.34. The fraction of sp³-hybridized carbons (Fsp3) is 0.104. The first-order valence-electron chi connectivity index (χ1n) is 24.8. The van der Waals surface area contributed by atoms with Crippen LogP contribution in [0.3, 0.4) is 0 Å². The number of rotatable bonds is 11. The number of allylic oxidation sites excluding steroid dienone is 2. The number of hydrogen-bond donors (Lipinski definition) is 0. The molecule has 2 heterocycles. The Hall–Kier alpha value is -8.60. The SMILES string of the molecule is CC(=CCc1ccccc1)C(C)(C)C(C)c1ccc(-c2c3ccc(-c4nc5ccccc5n4-c4ccccc4)cc3c(-c3ccccc3)c3ccc(-c4nc5ccccc5n4-c4ccccc4)cc23)cc1. The fourth-order valence-corrected chi connectivity index (χ4v) is 10.7. The molecular formula is C67H54N4. The minimum Gasteiger partial charge on any atom is -0.292 e. The minimum absolute atomic E-state index is 0.0568. The number of fused-ring (bicyclic) bond motifs is 4. The highest BCUT2D eigenvalue weighted by atomic mass is 15.1. The lowest BCUT2D eigenvalue weighted by atomic mass is 9.71. The topological polar surface area (TPSA) is 35.6 Å². The Bertz CT molecular complexity index is 3920. The van der Waals surface area contributed by atoms with E-state index in [-0.39, 0.29) is 11.3 Å². The molecule has 10 aromatic carbocycles. The van der Waals surface area contributed by atoms with Crippen LogP contribution in [-0.4, -0.2) is 19.1 Å². The van der Waals surface area contributed by atoms with Gasteiger partial charge in [-0.2, -0.15) is 0 Å². The molecule has 0 spiro atoms. The molecule has 0 fully saturated rings. The number of imidazole rings is 2. The van der Waals surface area contributed by atoms with E-state index in [4.69, 9.17) is 9.97 Å². The lowest BCUT2D eigenvalue weighted by molar-refractivity contribution is 0.367. The first-order valence-corrected chi connectivity index (χ1v) is 24.8. The molecule has 0 radical (unpaired) electrons. The van der Waals surface area contributed by atoms with Crippen molar-refractivity contribution in [2.45, 2.75) is 40.0 Å². The molecule has 0 aliphatic rings. The maximum Gasteiger partial charge on any atom is 0.145 e. The second-order valence-corrected chi connectivity index (χ2v) is 19.5. The second-order valence-electron chi connectivity index (χ2n) is 19.5. The van der Waals surface area contributed by atoms with Crippen LogP contribution in [0, 0.1) is 5.41 Å². The van der Waals surface area contributed by atoms with Gasteiger partial charge in [0.2, 0.25) is 0 Å². The third-order valence-corrected chi connectivity index (χ3v) is 15.1. The monoisotopic (exact) mass is 914 g/mol. The van der Waals surface area contributed by atoms with Crippen molar-refractivity contribution in [1.82, 2.24) is 19.1 Å². The number of aromatic nitrogens is 4. The normalized spacial score (nSPS) is 12.6. The summed E-state index contributed by atoms with van der Waals surface area (Å²) in [7, 11) is 0. The third-order valence-electron chi connectivity index (χ3n) is 15.1. The predicted octanol–water partition coefficient (Wildman–Crippen LogP) is 17.7. The van der Waals surface area contributed by atoms with Gasteiger partial charge in [0, 0.05) is 22.5 Å². The van der Waals surface area contributed by atoms with Crippen LogP contribution >= 0.6 is 0 Å². The first kappa shape index (κ1) is 43.7. The van der Waals surface area contributed by atoms with Gasteiger partial charge in [0.15, 0.2) is 0 Å². The molecule has 0 saturated carbocycles. The molecule has 71 heavy (non-hydrogen) atoms. The highest BCUT2D eigenvalue weighted by molar-refractivity contribution is 6.22. The standard InChI is InChI=1S/C67H54N4/c1-45(33-34-47-21-9-5-10-22-47)67(3,4)46(2)48-35-37-50(38-36-48)64-56-42-40-51(65-68-59-29-17-19-31-61(59)70(65)53-25-13-7-14-26-53)43-57(56)63(49-23-11-6-12-24-49)55-41-39-52(44-58(55)64)66-69-60-30-18-20-32-62(60)71(66)54-27-15-8-16-28-54/h5-33,35-44,46H,34H2,1-4H3. The maximum atomic E-state index is 5.36. The Labute approximate surface area is 415 Å². The molecule has 4 nitrogen and oxygen atoms in total. The van der Waals surface area contributed by atoms with E-state index in [0.717, 1.165) is 68.2 Å². The van der Waals surface area contributed by atoms with Crippen LogP contribution in [0.25, 0.3) is 100 Å². The molecule has 4 heteroatoms. The molecule has 2 aromatic heterocycles. The van der Waals surface area contributed by atoms with Crippen molar-refractivity contribution in [3.8, 4) is 56.4 Å². The average Bonchev–Trinajstić information content (AvgIpc) is 4.02. The lowest BCUT2D eigenvalue weighted by Gasteiger charge is -2.34. The van der Waals surface area contributed by atoms with E-state index < -0.39 is 0 Å². The Morgan fingerprint density at radius 1 is 0.451 bits per heavy atom. The van der Waals surface area contributed by atoms with Crippen molar-refractivity contribution >= 4 is 43.6 Å². The minimum atomic E-state index is -0.0568. The largest absolute Gasteiger partial charge is 0.292 e. The van der Waals surface area contributed by atoms with Crippen molar-refractivity contribution in [2.75, 3.05) is 0 Å². The van der Waals surface area contributed by atoms with Crippen molar-refractivity contribution in [2.24, 2.45) is 5.41 Å². The fourth-order valence-electron chi connectivity index (χ4n) is 10.7. The second kappa shape index (κ2) is 18.0. The van der Waals surface area contributed by atoms with E-state index in [2.05, 4.69) is 273 Å². The van der Waals surface area contributed by atoms with E-state index in [1.165, 1.54) is 54.9 Å². The van der Waals surface area contributed by atoms with Crippen molar-refractivity contribution < 1.29 is 0 Å². The van der Waals surface area contributed by atoms with E-state index in [1.54, 1.807) is 0 Å². The smallest absolute Gasteiger partial charge is 0.145 e. The molecular weight excluding hydrogens is 861 g/mol. The van der Waals surface area contributed by atoms with Gasteiger partial charge in [-0.15, -0.1) is 0 Å². The summed E-state index contributed by atoms with van der Waals surface area (Å²) in [4.78, 5) is 10.7. The summed E-state index contributed by atoms with van der Waals surface area (Å²) in [5.74, 6) is 2.09. The summed E-state index contributed by atoms with van der Waals surface area (Å²) in [6, 6.07) is 83.2. The third kappa shape index (κ3) is 7.82. The highest BCUT2D eigenvalue weighted by Crippen LogP contribution is 2.48. The summed E-state index contributed by atoms with van der Waals surface area (Å²) in [5.41, 5.74) is 17.0. The number of para-hydroxylation sites is 6. The van der Waals surface area contributed by atoms with Gasteiger partial charge in [-0.3, -0.25) is 9.13 Å². The van der Waals surface area contributed by atoms with Crippen LogP contribution in [-0.2, 0) is 6.42 Å². The van der Waals surface area contributed by atoms with Gasteiger partial charge in [0.25, 0.3) is 0 Å². The van der Waals surface area contributed by atoms with E-state index >= 15 is 0 Å². The van der Waals surface area contributed by atoms with Crippen molar-refractivity contribution in [3.63, 3.8) is 0 Å². The van der Waals surface area contributed by atoms with Crippen LogP contribution in [0.4, 0.5) is 0 Å². The van der Waals surface area contributed by atoms with Gasteiger partial charge in [0.05, 0.1) is 22.1 Å². The quantitative estimate of drug-likeness (QED) is 0.0957. The molecule has 0 aliphatic heterocycles. The molecule has 1 atom stereocenters. The molecule has 0 bridgehead atoms. The number of nitrogens with zero attached hydrogens (tertiary/aromatic N) is 4. The molecule has 0 saturated heterocycles. The summed E-state index contributed by atoms with van der Waals surface area (Å²) in [6.45, 7) is 9.45. The van der Waals surface area contributed by atoms with Gasteiger partial charge < -0.3 is 0 Å². The summed E-state index contributed by atoms with van der Waals surface area (Å²) in [5, 5.41) is 4.70. The zero-order valence-corrected chi connectivity index (χ0v) is 40.6. The van der Waals surface area contributed by atoms with Gasteiger partial charge in [0.1, 0.15) is 11.6 Å². The average molecular weight is 915 g/mol. The molecule has 1 unspecified atom stereocenters. The number of benzene rings is 10. The van der Waals surface area contributed by atoms with Crippen molar-refractivity contribution in [3.05, 3.63) is 253 Å². The Balaban J connectivity index is 1.09. The first-order chi connectivity index (χ1) is 34.8. The van der Waals surface area contributed by atoms with E-state index in [0.29, 0.717) is 0 Å². The van der Waals surface area contributed by atoms with E-state index in [1.807, 2.05) is 0 Å². The highest BCUT2D eigenvalue weighted by Gasteiger charge is 2.29. The lowest BCUT2D eigenvalue weighted by Crippen LogP contribution is -2.21. The molecule has 12 aromatic rings. The Morgan fingerprint density at radius 2 is 0.859 bits per heavy atom. The zero-order chi connectivity index (χ0) is 48.1. The van der Waals surface area contributed by atoms with Crippen molar-refractivity contribution in [1.29, 1.82) is 0 Å². The molecule has 0 aliphatic carbocycles. The Morgan fingerprint density at radius 3 is 1.35 bits per heavy atom. The molecule has 0 amide bonds. The van der Waals surface area contributed by atoms with Gasteiger partial charge in [-0.1, -0.05) is 202 Å². The van der Waals surface area contributed by atoms with Gasteiger partial charge in [-0.05, 0) is 140 Å². The van der Waals surface area contributed by atoms with Gasteiger partial charge in [-0.25, -0.2) is 9.97 Å². The summed E-state index contributed by atoms with van der Waals surface area (Å²) >= 11 is 0. The van der Waals surface area contributed by atoms with Crippen LogP contribution in [0.15, 0.2) is 242 Å². The number of hydrogen-bond acceptors (Lipinski definition) is 2. The molecule has 342 valence electrons. The van der Waals surface area contributed by atoms with Crippen LogP contribution < -0.4 is 0 Å². The maximum absolute atomic E-state index is 5.36. The Kier molecular flexibility index (Phi) is 11.1. The van der Waals surface area contributed by atoms with Crippen LogP contribution in [0.5, 0.6) is 0 Å². The van der Waals surface area contributed by atoms with Gasteiger partial charge >= 0.3 is 0 Å². The van der Waals surface area contributed by atoms with Crippen LogP contribution in [0.2, 0.25) is 0 Å². The molecule has 0 N–H and O–H groups in total.